The number of aryl methyl sites for hydroxylation is 2. The Hall–Kier alpha value is -5.15. The number of nitrogens with zero attached hydrogens (tertiary/aromatic N) is 3. The van der Waals surface area contributed by atoms with Gasteiger partial charge in [-0.05, 0) is 26.0 Å². The molecule has 2 aromatic heterocycles. The number of ether oxygens (including phenoxy) is 2. The number of aliphatic hydroxyl groups excluding tert-OH is 1. The van der Waals surface area contributed by atoms with Crippen molar-refractivity contribution in [1.29, 1.82) is 0 Å². The lowest BCUT2D eigenvalue weighted by atomic mass is 10.00. The smallest absolute Gasteiger partial charge is 0.454 e. The van der Waals surface area contributed by atoms with E-state index in [4.69, 9.17) is 35.6 Å². The van der Waals surface area contributed by atoms with Gasteiger partial charge in [0.1, 0.15) is 18.0 Å². The molecule has 16 heteroatoms. The van der Waals surface area contributed by atoms with Gasteiger partial charge in [-0.2, -0.15) is 0 Å². The topological polar surface area (TPSA) is 171 Å². The van der Waals surface area contributed by atoms with Crippen LogP contribution in [0.25, 0.3) is 16.6 Å². The molecule has 5 rings (SSSR count). The van der Waals surface area contributed by atoms with E-state index in [0.717, 1.165) is 12.3 Å². The largest absolute Gasteiger partial charge is 0.519 e. The van der Waals surface area contributed by atoms with Crippen LogP contribution >= 0.6 is 11.6 Å². The van der Waals surface area contributed by atoms with Crippen LogP contribution in [-0.4, -0.2) is 59.4 Å². The number of nitrogens with two attached hydrogens (primary N) is 1. The minimum absolute atomic E-state index is 0.0000313. The molecular formula is C31H29ClF2N4O9. The number of benzene rings is 2. The number of fused-ring (bicyclic) bond motifs is 1. The highest BCUT2D eigenvalue weighted by Gasteiger charge is 2.37. The number of anilines is 2. The summed E-state index contributed by atoms with van der Waals surface area (Å²) in [6.45, 7) is 5.30. The van der Waals surface area contributed by atoms with Gasteiger partial charge in [-0.3, -0.25) is 4.79 Å². The highest BCUT2D eigenvalue weighted by molar-refractivity contribution is 6.38. The minimum atomic E-state index is -1.17. The van der Waals surface area contributed by atoms with Gasteiger partial charge in [0.15, 0.2) is 23.9 Å². The molecule has 1 aliphatic heterocycles. The summed E-state index contributed by atoms with van der Waals surface area (Å²) in [5.41, 5.74) is 3.72. The Bertz CT molecular complexity index is 2050. The molecule has 1 fully saturated rings. The predicted octanol–water partition coefficient (Wildman–Crippen LogP) is 3.96. The Morgan fingerprint density at radius 3 is 2.53 bits per heavy atom. The number of halogens is 3. The molecule has 3 heterocycles. The minimum Gasteiger partial charge on any atom is -0.454 e. The number of carbonyl (C=O) groups excluding carboxylic acids is 2. The zero-order valence-corrected chi connectivity index (χ0v) is 26.2. The molecule has 0 atom stereocenters. The van der Waals surface area contributed by atoms with Crippen molar-refractivity contribution >= 4 is 45.9 Å². The average Bonchev–Trinajstić information content (AvgIpc) is 3.35. The van der Waals surface area contributed by atoms with Crippen LogP contribution in [0.5, 0.6) is 0 Å². The van der Waals surface area contributed by atoms with Crippen molar-refractivity contribution < 1.29 is 41.8 Å². The maximum absolute atomic E-state index is 16.2. The lowest BCUT2D eigenvalue weighted by Gasteiger charge is -2.45. The number of rotatable bonds is 9. The van der Waals surface area contributed by atoms with Crippen LogP contribution in [-0.2, 0) is 22.7 Å². The molecule has 248 valence electrons. The van der Waals surface area contributed by atoms with E-state index in [1.54, 1.807) is 4.90 Å². The summed E-state index contributed by atoms with van der Waals surface area (Å²) in [6.07, 6.45) is 1.89. The first-order valence-electron chi connectivity index (χ1n) is 14.1. The number of hydrogen-bond acceptors (Lipinski definition) is 11. The van der Waals surface area contributed by atoms with E-state index in [2.05, 4.69) is 6.58 Å². The van der Waals surface area contributed by atoms with E-state index < -0.39 is 53.7 Å². The maximum atomic E-state index is 16.2. The van der Waals surface area contributed by atoms with Crippen molar-refractivity contribution in [2.24, 2.45) is 0 Å². The molecule has 4 aromatic rings. The monoisotopic (exact) mass is 674 g/mol. The number of esters is 1. The van der Waals surface area contributed by atoms with E-state index in [9.17, 15) is 28.7 Å². The van der Waals surface area contributed by atoms with Crippen molar-refractivity contribution in [3.63, 3.8) is 0 Å². The third-order valence-electron chi connectivity index (χ3n) is 7.89. The van der Waals surface area contributed by atoms with Crippen LogP contribution in [0.3, 0.4) is 0 Å². The second-order valence-electron chi connectivity index (χ2n) is 10.8. The number of amides is 1. The Kier molecular flexibility index (Phi) is 9.13. The molecule has 1 amide bonds. The molecule has 3 N–H and O–H groups in total. The van der Waals surface area contributed by atoms with Crippen LogP contribution in [0.15, 0.2) is 49.4 Å². The summed E-state index contributed by atoms with van der Waals surface area (Å²) in [7, 11) is 1.53. The first kappa shape index (κ1) is 33.2. The van der Waals surface area contributed by atoms with Gasteiger partial charge >= 0.3 is 17.9 Å². The van der Waals surface area contributed by atoms with E-state index in [1.165, 1.54) is 42.5 Å². The van der Waals surface area contributed by atoms with Crippen molar-refractivity contribution in [2.75, 3.05) is 37.4 Å². The number of aromatic nitrogens is 1. The van der Waals surface area contributed by atoms with Gasteiger partial charge in [0.25, 0.3) is 0 Å². The number of nitrogen functional groups attached to an aromatic ring is 1. The van der Waals surface area contributed by atoms with E-state index in [0.29, 0.717) is 0 Å². The van der Waals surface area contributed by atoms with Crippen LogP contribution in [0.1, 0.15) is 33.0 Å². The van der Waals surface area contributed by atoms with E-state index in [1.807, 2.05) is 0 Å². The second kappa shape index (κ2) is 12.9. The molecule has 2 aromatic carbocycles. The zero-order valence-electron chi connectivity index (χ0n) is 25.4. The Morgan fingerprint density at radius 2 is 1.91 bits per heavy atom. The Balaban J connectivity index is 1.66. The van der Waals surface area contributed by atoms with Crippen LogP contribution in [0.2, 0.25) is 5.02 Å². The van der Waals surface area contributed by atoms with Gasteiger partial charge in [-0.15, -0.1) is 0 Å². The van der Waals surface area contributed by atoms with Crippen LogP contribution in [0.4, 0.5) is 25.0 Å². The molecule has 47 heavy (non-hydrogen) atoms. The fourth-order valence-corrected chi connectivity index (χ4v) is 5.62. The van der Waals surface area contributed by atoms with Crippen LogP contribution < -0.4 is 21.9 Å². The fraction of sp³-hybridized carbons (Fsp3) is 0.290. The highest BCUT2D eigenvalue weighted by Crippen LogP contribution is 2.41. The molecular weight excluding hydrogens is 646 g/mol. The van der Waals surface area contributed by atoms with E-state index >= 15 is 4.39 Å². The highest BCUT2D eigenvalue weighted by atomic mass is 35.5. The molecule has 0 saturated carbocycles. The molecule has 1 saturated heterocycles. The quantitative estimate of drug-likeness (QED) is 0.150. The van der Waals surface area contributed by atoms with Crippen molar-refractivity contribution in [3.8, 4) is 5.69 Å². The molecule has 1 aliphatic rings. The lowest BCUT2D eigenvalue weighted by molar-refractivity contribution is 0.0441. The summed E-state index contributed by atoms with van der Waals surface area (Å²) in [5.74, 6) is -3.93. The van der Waals surface area contributed by atoms with Crippen LogP contribution in [0, 0.1) is 25.5 Å². The summed E-state index contributed by atoms with van der Waals surface area (Å²) in [5, 5.41) is 9.57. The number of pyridine rings is 1. The van der Waals surface area contributed by atoms with E-state index in [-0.39, 0.29) is 81.4 Å². The van der Waals surface area contributed by atoms with Crippen molar-refractivity contribution in [1.82, 2.24) is 9.47 Å². The summed E-state index contributed by atoms with van der Waals surface area (Å²) < 4.78 is 51.8. The van der Waals surface area contributed by atoms with Gasteiger partial charge < -0.3 is 43.5 Å². The second-order valence-corrected chi connectivity index (χ2v) is 11.2. The van der Waals surface area contributed by atoms with Gasteiger partial charge in [-0.1, -0.05) is 24.3 Å². The lowest BCUT2D eigenvalue weighted by Crippen LogP contribution is -2.60. The molecule has 0 aliphatic carbocycles. The molecule has 13 nitrogen and oxygen atoms in total. The van der Waals surface area contributed by atoms with Crippen molar-refractivity contribution in [2.45, 2.75) is 33.1 Å². The van der Waals surface area contributed by atoms with Crippen molar-refractivity contribution in [3.05, 3.63) is 96.7 Å². The standard InChI is InChI=1S/C31H29ClF2N4O9/c1-5-6-44-30(42)36(4)17-9-37(10-17)27-24(32)26-23(14(2)25(27)34)28(40)18(29(41)45-13-22-15(3)46-31(43)47-22)11-38(26)21-8-20(35)19(33)7-16(21)12-39/h5,7-8,11,17,39H,1,6,9-10,12-13,35H2,2-4H3. The Labute approximate surface area is 269 Å². The summed E-state index contributed by atoms with van der Waals surface area (Å²) in [4.78, 5) is 53.8. The Morgan fingerprint density at radius 1 is 1.21 bits per heavy atom. The first-order valence-corrected chi connectivity index (χ1v) is 14.4. The zero-order chi connectivity index (χ0) is 34.3. The molecule has 0 unspecified atom stereocenters. The third kappa shape index (κ3) is 5.94. The number of hydrogen-bond donors (Lipinski definition) is 2. The van der Waals surface area contributed by atoms with Gasteiger partial charge in [0.2, 0.25) is 5.43 Å². The van der Waals surface area contributed by atoms with Gasteiger partial charge in [0, 0.05) is 37.5 Å². The SMILES string of the molecule is C=CCOC(=O)N(C)C1CN(c2c(F)c(C)c3c(=O)c(C(=O)OCc4oc(=O)oc4C)cn(-c4cc(N)c(F)cc4CO)c3c2Cl)C1. The van der Waals surface area contributed by atoms with Gasteiger partial charge in [-0.25, -0.2) is 23.2 Å². The van der Waals surface area contributed by atoms with Gasteiger partial charge in [0.05, 0.1) is 45.6 Å². The third-order valence-corrected chi connectivity index (χ3v) is 8.25. The fourth-order valence-electron chi connectivity index (χ4n) is 5.24. The average molecular weight is 675 g/mol. The summed E-state index contributed by atoms with van der Waals surface area (Å²) in [6, 6.07) is 1.78. The summed E-state index contributed by atoms with van der Waals surface area (Å²) >= 11 is 6.88. The maximum Gasteiger partial charge on any atom is 0.519 e. The number of aliphatic hydroxyl groups is 1. The number of likely N-dealkylation sites (N-methyl/N-ethyl adjacent to an activating group) is 1. The normalized spacial score (nSPS) is 13.0. The molecule has 0 spiro atoms. The first-order chi connectivity index (χ1) is 22.3. The molecule has 0 radical (unpaired) electrons. The number of carbonyl (C=O) groups is 2. The predicted molar refractivity (Wildman–Crippen MR) is 166 cm³/mol. The molecule has 0 bridgehead atoms.